The Hall–Kier alpha value is -2.58. The van der Waals surface area contributed by atoms with E-state index in [1.807, 2.05) is 12.3 Å². The number of fused-ring (bicyclic) bond motifs is 1. The zero-order valence-corrected chi connectivity index (χ0v) is 18.0. The molecule has 2 N–H and O–H groups in total. The molecule has 0 radical (unpaired) electrons. The second kappa shape index (κ2) is 7.92. The maximum absolute atomic E-state index is 5.59. The van der Waals surface area contributed by atoms with Crippen LogP contribution < -0.4 is 15.1 Å². The number of hydrogen-bond acceptors (Lipinski definition) is 7. The summed E-state index contributed by atoms with van der Waals surface area (Å²) in [6.07, 6.45) is 6.19. The minimum absolute atomic E-state index is 0.0166. The lowest BCUT2D eigenvalue weighted by Crippen LogP contribution is -2.54. The average molecular weight is 410 g/mol. The van der Waals surface area contributed by atoms with Crippen LogP contribution in [0, 0.1) is 0 Å². The largest absolute Gasteiger partial charge is 0.378 e. The van der Waals surface area contributed by atoms with Crippen LogP contribution >= 0.6 is 0 Å². The van der Waals surface area contributed by atoms with Crippen LogP contribution in [0.15, 0.2) is 24.5 Å². The van der Waals surface area contributed by atoms with Gasteiger partial charge >= 0.3 is 0 Å². The Balaban J connectivity index is 1.66. The van der Waals surface area contributed by atoms with E-state index in [1.165, 1.54) is 11.3 Å². The summed E-state index contributed by atoms with van der Waals surface area (Å²) in [6, 6.07) is 5.23. The fourth-order valence-electron chi connectivity index (χ4n) is 4.73. The third-order valence-corrected chi connectivity index (χ3v) is 6.42. The molecule has 3 aliphatic rings. The first-order chi connectivity index (χ1) is 14.6. The second-order valence-electron chi connectivity index (χ2n) is 8.60. The van der Waals surface area contributed by atoms with Crippen molar-refractivity contribution >= 4 is 17.6 Å². The van der Waals surface area contributed by atoms with Crippen molar-refractivity contribution in [2.45, 2.75) is 32.0 Å². The van der Waals surface area contributed by atoms with E-state index in [2.05, 4.69) is 69.5 Å². The quantitative estimate of drug-likeness (QED) is 0.801. The highest BCUT2D eigenvalue weighted by Crippen LogP contribution is 2.40. The number of piperazine rings is 1. The van der Waals surface area contributed by atoms with Crippen molar-refractivity contribution in [2.24, 2.45) is 0 Å². The standard InChI is InChI=1S/C22H31N7O/c1-15-14-29(16(2)13-23-15)19-12-20(28-8-10-30-11-9-28)25-21-17(19)5-7-27(3)22(21)18-4-6-24-26-18/h4-7,12,15-16,22-23H,8-11,13-14H2,1-3H3,(H,24,26)/t15-,16+,22?/m0/s1. The van der Waals surface area contributed by atoms with Gasteiger partial charge in [0.2, 0.25) is 0 Å². The predicted octanol–water partition coefficient (Wildman–Crippen LogP) is 1.83. The van der Waals surface area contributed by atoms with Crippen LogP contribution in [-0.4, -0.2) is 78.6 Å². The van der Waals surface area contributed by atoms with Gasteiger partial charge in [0.1, 0.15) is 11.9 Å². The third-order valence-electron chi connectivity index (χ3n) is 6.42. The van der Waals surface area contributed by atoms with Crippen molar-refractivity contribution in [2.75, 3.05) is 56.2 Å². The van der Waals surface area contributed by atoms with Crippen LogP contribution in [0.25, 0.3) is 6.08 Å². The van der Waals surface area contributed by atoms with Crippen LogP contribution in [0.1, 0.15) is 36.8 Å². The molecular formula is C22H31N7O. The van der Waals surface area contributed by atoms with Crippen molar-refractivity contribution in [3.8, 4) is 0 Å². The Morgan fingerprint density at radius 1 is 1.20 bits per heavy atom. The summed E-state index contributed by atoms with van der Waals surface area (Å²) in [5.74, 6) is 1.04. The zero-order valence-electron chi connectivity index (χ0n) is 18.0. The predicted molar refractivity (Wildman–Crippen MR) is 119 cm³/mol. The van der Waals surface area contributed by atoms with E-state index in [-0.39, 0.29) is 6.04 Å². The van der Waals surface area contributed by atoms with E-state index in [0.29, 0.717) is 12.1 Å². The number of rotatable bonds is 3. The number of H-pyrrole nitrogens is 1. The Kier molecular flexibility index (Phi) is 5.12. The lowest BCUT2D eigenvalue weighted by Gasteiger charge is -2.42. The number of nitrogens with one attached hydrogen (secondary N) is 2. The van der Waals surface area contributed by atoms with Gasteiger partial charge in [-0.05, 0) is 26.0 Å². The molecule has 3 atom stereocenters. The molecule has 2 fully saturated rings. The number of ether oxygens (including phenoxy) is 1. The van der Waals surface area contributed by atoms with Gasteiger partial charge in [-0.3, -0.25) is 5.10 Å². The molecule has 0 aromatic carbocycles. The fourth-order valence-corrected chi connectivity index (χ4v) is 4.73. The summed E-state index contributed by atoms with van der Waals surface area (Å²) in [4.78, 5) is 12.3. The van der Waals surface area contributed by atoms with Gasteiger partial charge in [-0.15, -0.1) is 0 Å². The molecule has 0 saturated carbocycles. The van der Waals surface area contributed by atoms with Gasteiger partial charge in [0, 0.05) is 75.0 Å². The van der Waals surface area contributed by atoms with Gasteiger partial charge in [0.15, 0.2) is 0 Å². The molecule has 0 spiro atoms. The highest BCUT2D eigenvalue weighted by atomic mass is 16.5. The lowest BCUT2D eigenvalue weighted by atomic mass is 9.96. The van der Waals surface area contributed by atoms with E-state index < -0.39 is 0 Å². The fraction of sp³-hybridized carbons (Fsp3) is 0.545. The zero-order chi connectivity index (χ0) is 20.7. The van der Waals surface area contributed by atoms with Crippen LogP contribution in [0.3, 0.4) is 0 Å². The Labute approximate surface area is 177 Å². The van der Waals surface area contributed by atoms with Crippen molar-refractivity contribution in [1.29, 1.82) is 0 Å². The first kappa shape index (κ1) is 19.4. The maximum atomic E-state index is 5.59. The summed E-state index contributed by atoms with van der Waals surface area (Å²) in [5, 5.41) is 11.0. The molecule has 0 bridgehead atoms. The van der Waals surface area contributed by atoms with Gasteiger partial charge in [0.25, 0.3) is 0 Å². The van der Waals surface area contributed by atoms with E-state index in [0.717, 1.165) is 56.6 Å². The minimum atomic E-state index is 0.0166. The molecule has 5 rings (SSSR count). The topological polar surface area (TPSA) is 72.5 Å². The van der Waals surface area contributed by atoms with Gasteiger partial charge in [0.05, 0.1) is 24.6 Å². The molecule has 2 aromatic heterocycles. The normalized spacial score (nSPS) is 26.8. The monoisotopic (exact) mass is 409 g/mol. The van der Waals surface area contributed by atoms with Gasteiger partial charge in [-0.2, -0.15) is 5.10 Å². The number of aromatic amines is 1. The van der Waals surface area contributed by atoms with Crippen molar-refractivity contribution in [3.05, 3.63) is 41.5 Å². The third kappa shape index (κ3) is 3.44. The summed E-state index contributed by atoms with van der Waals surface area (Å²) >= 11 is 0. The number of hydrogen-bond donors (Lipinski definition) is 2. The Morgan fingerprint density at radius 3 is 2.80 bits per heavy atom. The molecule has 0 aliphatic carbocycles. The summed E-state index contributed by atoms with van der Waals surface area (Å²) in [7, 11) is 2.10. The molecular weight excluding hydrogens is 378 g/mol. The van der Waals surface area contributed by atoms with Crippen molar-refractivity contribution in [1.82, 2.24) is 25.4 Å². The van der Waals surface area contributed by atoms with Gasteiger partial charge in [-0.25, -0.2) is 4.98 Å². The van der Waals surface area contributed by atoms with Gasteiger partial charge in [-0.1, -0.05) is 0 Å². The number of morpholine rings is 1. The molecule has 2 aromatic rings. The Morgan fingerprint density at radius 2 is 2.03 bits per heavy atom. The number of pyridine rings is 1. The highest BCUT2D eigenvalue weighted by Gasteiger charge is 2.32. The number of anilines is 2. The molecule has 30 heavy (non-hydrogen) atoms. The average Bonchev–Trinajstić information content (AvgIpc) is 3.29. The molecule has 8 nitrogen and oxygen atoms in total. The summed E-state index contributed by atoms with van der Waals surface area (Å²) in [5.41, 5.74) is 4.63. The summed E-state index contributed by atoms with van der Waals surface area (Å²) < 4.78 is 5.59. The van der Waals surface area contributed by atoms with Crippen LogP contribution in [0.4, 0.5) is 11.5 Å². The second-order valence-corrected chi connectivity index (χ2v) is 8.60. The molecule has 160 valence electrons. The SMILES string of the molecule is C[C@@H]1CN[C@@H](C)CN1c1cc(N2CCOCC2)nc2c1C=CN(C)C2c1ccn[nH]1. The number of nitrogens with zero attached hydrogens (tertiary/aromatic N) is 5. The van der Waals surface area contributed by atoms with Gasteiger partial charge < -0.3 is 24.8 Å². The molecule has 5 heterocycles. The maximum Gasteiger partial charge on any atom is 0.131 e. The molecule has 0 amide bonds. The highest BCUT2D eigenvalue weighted by molar-refractivity contribution is 5.75. The van der Waals surface area contributed by atoms with E-state index in [9.17, 15) is 0 Å². The van der Waals surface area contributed by atoms with E-state index in [1.54, 1.807) is 0 Å². The Bertz CT molecular complexity index is 906. The smallest absolute Gasteiger partial charge is 0.131 e. The first-order valence-corrected chi connectivity index (χ1v) is 10.9. The van der Waals surface area contributed by atoms with Crippen molar-refractivity contribution < 1.29 is 4.74 Å². The first-order valence-electron chi connectivity index (χ1n) is 10.9. The van der Waals surface area contributed by atoms with Crippen LogP contribution in [-0.2, 0) is 4.74 Å². The van der Waals surface area contributed by atoms with E-state index in [4.69, 9.17) is 9.72 Å². The summed E-state index contributed by atoms with van der Waals surface area (Å²) in [6.45, 7) is 9.77. The van der Waals surface area contributed by atoms with Crippen molar-refractivity contribution in [3.63, 3.8) is 0 Å². The van der Waals surface area contributed by atoms with Crippen LogP contribution in [0.2, 0.25) is 0 Å². The number of aromatic nitrogens is 3. The molecule has 3 aliphatic heterocycles. The molecule has 2 saturated heterocycles. The lowest BCUT2D eigenvalue weighted by molar-refractivity contribution is 0.122. The minimum Gasteiger partial charge on any atom is -0.378 e. The van der Waals surface area contributed by atoms with E-state index >= 15 is 0 Å². The molecule has 8 heteroatoms. The molecule has 1 unspecified atom stereocenters. The van der Waals surface area contributed by atoms with Crippen LogP contribution in [0.5, 0.6) is 0 Å².